The summed E-state index contributed by atoms with van der Waals surface area (Å²) in [4.78, 5) is 25.5. The molecule has 1 saturated heterocycles. The van der Waals surface area contributed by atoms with E-state index in [2.05, 4.69) is 13.8 Å². The summed E-state index contributed by atoms with van der Waals surface area (Å²) in [6.45, 7) is 4.77. The standard InChI is InChI=1S/C15H25NO4/c1-15(2)6-4-5-10(8-15)13(17)16-9-11(20-3)7-12(16)14(18)19/h10-12H,4-9H2,1-3H3,(H,18,19). The van der Waals surface area contributed by atoms with Crippen molar-refractivity contribution >= 4 is 11.9 Å². The normalized spacial score (nSPS) is 33.1. The van der Waals surface area contributed by atoms with Crippen molar-refractivity contribution < 1.29 is 19.4 Å². The van der Waals surface area contributed by atoms with Gasteiger partial charge >= 0.3 is 5.97 Å². The van der Waals surface area contributed by atoms with Crippen LogP contribution in [0.5, 0.6) is 0 Å². The summed E-state index contributed by atoms with van der Waals surface area (Å²) in [5, 5.41) is 9.30. The predicted octanol–water partition coefficient (Wildman–Crippen LogP) is 1.90. The third kappa shape index (κ3) is 3.14. The van der Waals surface area contributed by atoms with Gasteiger partial charge in [-0.05, 0) is 24.7 Å². The van der Waals surface area contributed by atoms with Gasteiger partial charge in [-0.2, -0.15) is 0 Å². The molecule has 0 radical (unpaired) electrons. The zero-order chi connectivity index (χ0) is 14.9. The maximum absolute atomic E-state index is 12.7. The van der Waals surface area contributed by atoms with Crippen molar-refractivity contribution in [3.05, 3.63) is 0 Å². The van der Waals surface area contributed by atoms with Crippen molar-refractivity contribution in [1.29, 1.82) is 0 Å². The Morgan fingerprint density at radius 1 is 1.35 bits per heavy atom. The van der Waals surface area contributed by atoms with Crippen LogP contribution in [0.1, 0.15) is 46.0 Å². The van der Waals surface area contributed by atoms with Crippen LogP contribution in [0.15, 0.2) is 0 Å². The summed E-state index contributed by atoms with van der Waals surface area (Å²) in [7, 11) is 1.57. The van der Waals surface area contributed by atoms with Crippen LogP contribution in [0.4, 0.5) is 0 Å². The minimum Gasteiger partial charge on any atom is -0.480 e. The summed E-state index contributed by atoms with van der Waals surface area (Å²) in [6, 6.07) is -0.725. The molecule has 0 aromatic rings. The van der Waals surface area contributed by atoms with Gasteiger partial charge in [-0.1, -0.05) is 20.3 Å². The Hall–Kier alpha value is -1.10. The smallest absolute Gasteiger partial charge is 0.326 e. The molecule has 2 aliphatic rings. The molecule has 3 unspecified atom stereocenters. The third-order valence-corrected chi connectivity index (χ3v) is 4.72. The van der Waals surface area contributed by atoms with Gasteiger partial charge < -0.3 is 14.7 Å². The van der Waals surface area contributed by atoms with Crippen LogP contribution in [0, 0.1) is 11.3 Å². The fourth-order valence-electron chi connectivity index (χ4n) is 3.59. The summed E-state index contributed by atoms with van der Waals surface area (Å²) in [6.07, 6.45) is 4.15. The summed E-state index contributed by atoms with van der Waals surface area (Å²) >= 11 is 0. The molecule has 0 bridgehead atoms. The molecule has 5 nitrogen and oxygen atoms in total. The van der Waals surface area contributed by atoms with Crippen LogP contribution in [-0.4, -0.2) is 47.7 Å². The van der Waals surface area contributed by atoms with E-state index >= 15 is 0 Å². The van der Waals surface area contributed by atoms with Crippen molar-refractivity contribution in [1.82, 2.24) is 4.90 Å². The molecule has 1 aliphatic carbocycles. The van der Waals surface area contributed by atoms with Gasteiger partial charge in [0.2, 0.25) is 5.91 Å². The van der Waals surface area contributed by atoms with Gasteiger partial charge in [0, 0.05) is 26.0 Å². The monoisotopic (exact) mass is 283 g/mol. The van der Waals surface area contributed by atoms with E-state index in [1.807, 2.05) is 0 Å². The first-order chi connectivity index (χ1) is 9.34. The highest BCUT2D eigenvalue weighted by atomic mass is 16.5. The molecule has 20 heavy (non-hydrogen) atoms. The second kappa shape index (κ2) is 5.72. The molecule has 0 spiro atoms. The highest BCUT2D eigenvalue weighted by Crippen LogP contribution is 2.40. The molecule has 0 aromatic heterocycles. The van der Waals surface area contributed by atoms with Crippen molar-refractivity contribution in [2.24, 2.45) is 11.3 Å². The van der Waals surface area contributed by atoms with Gasteiger partial charge in [-0.15, -0.1) is 0 Å². The maximum atomic E-state index is 12.7. The number of carboxylic acid groups (broad SMARTS) is 1. The maximum Gasteiger partial charge on any atom is 0.326 e. The van der Waals surface area contributed by atoms with E-state index in [1.54, 1.807) is 7.11 Å². The molecule has 1 aliphatic heterocycles. The van der Waals surface area contributed by atoms with Crippen molar-refractivity contribution in [3.8, 4) is 0 Å². The topological polar surface area (TPSA) is 66.8 Å². The number of aliphatic carboxylic acids is 1. The Morgan fingerprint density at radius 2 is 2.05 bits per heavy atom. The lowest BCUT2D eigenvalue weighted by Crippen LogP contribution is -2.45. The molecule has 1 saturated carbocycles. The quantitative estimate of drug-likeness (QED) is 0.859. The number of hydrogen-bond acceptors (Lipinski definition) is 3. The van der Waals surface area contributed by atoms with E-state index in [4.69, 9.17) is 4.74 Å². The molecule has 1 N–H and O–H groups in total. The van der Waals surface area contributed by atoms with E-state index in [0.717, 1.165) is 25.7 Å². The average Bonchev–Trinajstić information content (AvgIpc) is 2.81. The number of methoxy groups -OCH3 is 1. The van der Waals surface area contributed by atoms with E-state index < -0.39 is 12.0 Å². The predicted molar refractivity (Wildman–Crippen MR) is 74.3 cm³/mol. The molecule has 2 fully saturated rings. The number of nitrogens with zero attached hydrogens (tertiary/aromatic N) is 1. The lowest BCUT2D eigenvalue weighted by Gasteiger charge is -2.36. The zero-order valence-corrected chi connectivity index (χ0v) is 12.6. The van der Waals surface area contributed by atoms with E-state index in [-0.39, 0.29) is 23.3 Å². The number of carbonyl (C=O) groups excluding carboxylic acids is 1. The molecule has 2 rings (SSSR count). The van der Waals surface area contributed by atoms with Crippen LogP contribution < -0.4 is 0 Å². The molecule has 1 amide bonds. The fourth-order valence-corrected chi connectivity index (χ4v) is 3.59. The minimum absolute atomic E-state index is 0.00438. The molecule has 114 valence electrons. The molecular formula is C15H25NO4. The Labute approximate surface area is 120 Å². The van der Waals surface area contributed by atoms with Crippen LogP contribution in [0.3, 0.4) is 0 Å². The number of likely N-dealkylation sites (tertiary alicyclic amines) is 1. The molecule has 0 aromatic carbocycles. The van der Waals surface area contributed by atoms with Crippen LogP contribution >= 0.6 is 0 Å². The highest BCUT2D eigenvalue weighted by molar-refractivity contribution is 5.86. The lowest BCUT2D eigenvalue weighted by atomic mass is 9.72. The van der Waals surface area contributed by atoms with E-state index in [0.29, 0.717) is 13.0 Å². The summed E-state index contributed by atoms with van der Waals surface area (Å²) < 4.78 is 5.24. The average molecular weight is 283 g/mol. The molecule has 1 heterocycles. The van der Waals surface area contributed by atoms with Gasteiger partial charge in [0.05, 0.1) is 6.10 Å². The lowest BCUT2D eigenvalue weighted by molar-refractivity contribution is -0.151. The first-order valence-corrected chi connectivity index (χ1v) is 7.40. The fraction of sp³-hybridized carbons (Fsp3) is 0.867. The van der Waals surface area contributed by atoms with Gasteiger partial charge in [0.25, 0.3) is 0 Å². The van der Waals surface area contributed by atoms with Crippen molar-refractivity contribution in [2.75, 3.05) is 13.7 Å². The highest BCUT2D eigenvalue weighted by Gasteiger charge is 2.43. The van der Waals surface area contributed by atoms with Gasteiger partial charge in [-0.3, -0.25) is 4.79 Å². The number of amides is 1. The Kier molecular flexibility index (Phi) is 4.37. The van der Waals surface area contributed by atoms with Crippen LogP contribution in [-0.2, 0) is 14.3 Å². The van der Waals surface area contributed by atoms with Crippen LogP contribution in [0.2, 0.25) is 0 Å². The number of ether oxygens (including phenoxy) is 1. The summed E-state index contributed by atoms with van der Waals surface area (Å²) in [5.74, 6) is -0.950. The first-order valence-electron chi connectivity index (χ1n) is 7.40. The molecular weight excluding hydrogens is 258 g/mol. The zero-order valence-electron chi connectivity index (χ0n) is 12.6. The van der Waals surface area contributed by atoms with Crippen molar-refractivity contribution in [3.63, 3.8) is 0 Å². The van der Waals surface area contributed by atoms with Gasteiger partial charge in [-0.25, -0.2) is 4.79 Å². The second-order valence-electron chi connectivity index (χ2n) is 6.90. The second-order valence-corrected chi connectivity index (χ2v) is 6.90. The molecule has 3 atom stereocenters. The number of hydrogen-bond donors (Lipinski definition) is 1. The minimum atomic E-state index is -0.923. The molecule has 5 heteroatoms. The van der Waals surface area contributed by atoms with E-state index in [9.17, 15) is 14.7 Å². The number of carbonyl (C=O) groups is 2. The van der Waals surface area contributed by atoms with Gasteiger partial charge in [0.1, 0.15) is 6.04 Å². The van der Waals surface area contributed by atoms with Crippen LogP contribution in [0.25, 0.3) is 0 Å². The first kappa shape index (κ1) is 15.3. The van der Waals surface area contributed by atoms with Gasteiger partial charge in [0.15, 0.2) is 0 Å². The Morgan fingerprint density at radius 3 is 2.60 bits per heavy atom. The Balaban J connectivity index is 2.08. The largest absolute Gasteiger partial charge is 0.480 e. The SMILES string of the molecule is COC1CC(C(=O)O)N(C(=O)C2CCCC(C)(C)C2)C1. The Bertz CT molecular complexity index is 393. The van der Waals surface area contributed by atoms with E-state index in [1.165, 1.54) is 4.90 Å². The number of carboxylic acids is 1. The van der Waals surface area contributed by atoms with Crippen molar-refractivity contribution in [2.45, 2.75) is 58.1 Å². The third-order valence-electron chi connectivity index (χ3n) is 4.72. The summed E-state index contributed by atoms with van der Waals surface area (Å²) in [5.41, 5.74) is 0.178. The number of rotatable bonds is 3.